The second kappa shape index (κ2) is 7.07. The first-order valence-corrected chi connectivity index (χ1v) is 7.67. The Morgan fingerprint density at radius 3 is 2.50 bits per heavy atom. The van der Waals surface area contributed by atoms with Gasteiger partial charge in [0, 0.05) is 23.2 Å². The minimum absolute atomic E-state index is 0.0149. The normalized spacial score (nSPS) is 11.8. The van der Waals surface area contributed by atoms with Crippen LogP contribution in [0.2, 0.25) is 10.0 Å². The second-order valence-electron chi connectivity index (χ2n) is 5.25. The number of aromatic hydroxyl groups is 1. The summed E-state index contributed by atoms with van der Waals surface area (Å²) in [5.74, 6) is -0.828. The van der Waals surface area contributed by atoms with Gasteiger partial charge in [-0.2, -0.15) is 0 Å². The third kappa shape index (κ3) is 3.77. The number of nitro benzene ring substituents is 1. The van der Waals surface area contributed by atoms with Gasteiger partial charge in [-0.05, 0) is 30.7 Å². The van der Waals surface area contributed by atoms with E-state index in [1.165, 1.54) is 11.0 Å². The van der Waals surface area contributed by atoms with Crippen LogP contribution in [0.1, 0.15) is 28.9 Å². The highest BCUT2D eigenvalue weighted by Crippen LogP contribution is 2.30. The first-order valence-electron chi connectivity index (χ1n) is 6.91. The molecule has 2 rings (SSSR count). The molecule has 1 amide bonds. The number of non-ortho nitro benzene ring substituents is 1. The number of halogens is 2. The molecule has 0 heterocycles. The average molecular weight is 369 g/mol. The summed E-state index contributed by atoms with van der Waals surface area (Å²) >= 11 is 12.0. The van der Waals surface area contributed by atoms with E-state index in [9.17, 15) is 20.0 Å². The van der Waals surface area contributed by atoms with Crippen LogP contribution in [0, 0.1) is 10.1 Å². The first kappa shape index (κ1) is 18.0. The molecule has 0 radical (unpaired) electrons. The van der Waals surface area contributed by atoms with Gasteiger partial charge in [-0.1, -0.05) is 29.3 Å². The fourth-order valence-corrected chi connectivity index (χ4v) is 2.82. The van der Waals surface area contributed by atoms with E-state index in [1.54, 1.807) is 32.2 Å². The zero-order chi connectivity index (χ0) is 18.0. The molecule has 126 valence electrons. The third-order valence-electron chi connectivity index (χ3n) is 3.67. The first-order chi connectivity index (χ1) is 11.2. The molecule has 2 aromatic rings. The van der Waals surface area contributed by atoms with Crippen LogP contribution in [0.3, 0.4) is 0 Å². The Hall–Kier alpha value is -2.31. The zero-order valence-electron chi connectivity index (χ0n) is 12.9. The molecule has 24 heavy (non-hydrogen) atoms. The van der Waals surface area contributed by atoms with Gasteiger partial charge >= 0.3 is 0 Å². The number of rotatable bonds is 4. The zero-order valence-corrected chi connectivity index (χ0v) is 14.4. The Morgan fingerprint density at radius 2 is 1.92 bits per heavy atom. The molecule has 6 nitrogen and oxygen atoms in total. The SMILES string of the molecule is CC(c1ccc(Cl)cc1Cl)N(C)C(=O)c1cc(O)cc([N+](=O)[O-])c1. The van der Waals surface area contributed by atoms with Crippen LogP contribution in [0.25, 0.3) is 0 Å². The van der Waals surface area contributed by atoms with Gasteiger partial charge in [0.1, 0.15) is 5.75 Å². The van der Waals surface area contributed by atoms with Crippen molar-refractivity contribution in [1.29, 1.82) is 0 Å². The lowest BCUT2D eigenvalue weighted by Crippen LogP contribution is -2.29. The maximum atomic E-state index is 12.6. The van der Waals surface area contributed by atoms with E-state index in [4.69, 9.17) is 23.2 Å². The van der Waals surface area contributed by atoms with Crippen molar-refractivity contribution in [2.75, 3.05) is 7.05 Å². The van der Waals surface area contributed by atoms with Gasteiger partial charge < -0.3 is 10.0 Å². The number of hydrogen-bond donors (Lipinski definition) is 1. The molecular weight excluding hydrogens is 355 g/mol. The highest BCUT2D eigenvalue weighted by molar-refractivity contribution is 6.35. The van der Waals surface area contributed by atoms with Gasteiger partial charge in [0.15, 0.2) is 0 Å². The van der Waals surface area contributed by atoms with E-state index < -0.39 is 16.9 Å². The molecule has 0 spiro atoms. The largest absolute Gasteiger partial charge is 0.508 e. The lowest BCUT2D eigenvalue weighted by Gasteiger charge is -2.26. The number of amides is 1. The monoisotopic (exact) mass is 368 g/mol. The van der Waals surface area contributed by atoms with Crippen molar-refractivity contribution in [3.05, 3.63) is 67.7 Å². The van der Waals surface area contributed by atoms with Gasteiger partial charge in [-0.15, -0.1) is 0 Å². The number of benzene rings is 2. The summed E-state index contributed by atoms with van der Waals surface area (Å²) in [6, 6.07) is 7.84. The minimum Gasteiger partial charge on any atom is -0.508 e. The van der Waals surface area contributed by atoms with Crippen molar-refractivity contribution in [1.82, 2.24) is 4.90 Å². The Bertz CT molecular complexity index is 811. The highest BCUT2D eigenvalue weighted by Gasteiger charge is 2.23. The van der Waals surface area contributed by atoms with E-state index in [0.717, 1.165) is 12.1 Å². The number of phenolic OH excluding ortho intramolecular Hbond substituents is 1. The molecule has 0 aliphatic heterocycles. The molecule has 8 heteroatoms. The quantitative estimate of drug-likeness (QED) is 0.638. The molecule has 0 aliphatic carbocycles. The van der Waals surface area contributed by atoms with Crippen LogP contribution < -0.4 is 0 Å². The standard InChI is InChI=1S/C16H14Cl2N2O4/c1-9(14-4-3-11(17)7-15(14)18)19(2)16(22)10-5-12(20(23)24)8-13(21)6-10/h3-9,21H,1-2H3. The lowest BCUT2D eigenvalue weighted by atomic mass is 10.1. The summed E-state index contributed by atoms with van der Waals surface area (Å²) in [6.07, 6.45) is 0. The lowest BCUT2D eigenvalue weighted by molar-refractivity contribution is -0.385. The van der Waals surface area contributed by atoms with Gasteiger partial charge in [-0.3, -0.25) is 14.9 Å². The smallest absolute Gasteiger partial charge is 0.273 e. The average Bonchev–Trinajstić information content (AvgIpc) is 2.52. The predicted molar refractivity (Wildman–Crippen MR) is 91.7 cm³/mol. The van der Waals surface area contributed by atoms with Crippen LogP contribution in [-0.4, -0.2) is 27.9 Å². The van der Waals surface area contributed by atoms with Crippen molar-refractivity contribution < 1.29 is 14.8 Å². The minimum atomic E-state index is -0.671. The molecule has 0 fully saturated rings. The summed E-state index contributed by atoms with van der Waals surface area (Å²) in [5, 5.41) is 21.4. The summed E-state index contributed by atoms with van der Waals surface area (Å²) in [6.45, 7) is 1.77. The maximum absolute atomic E-state index is 12.6. The second-order valence-corrected chi connectivity index (χ2v) is 6.10. The molecule has 2 aromatic carbocycles. The number of carbonyl (C=O) groups excluding carboxylic acids is 1. The maximum Gasteiger partial charge on any atom is 0.273 e. The molecule has 0 aromatic heterocycles. The summed E-state index contributed by atoms with van der Waals surface area (Å²) in [4.78, 5) is 24.2. The van der Waals surface area contributed by atoms with Crippen molar-refractivity contribution in [2.45, 2.75) is 13.0 Å². The fourth-order valence-electron chi connectivity index (χ4n) is 2.25. The van der Waals surface area contributed by atoms with Crippen molar-refractivity contribution in [2.24, 2.45) is 0 Å². The molecule has 1 N–H and O–H groups in total. The van der Waals surface area contributed by atoms with Crippen molar-refractivity contribution in [3.63, 3.8) is 0 Å². The third-order valence-corrected chi connectivity index (χ3v) is 4.24. The van der Waals surface area contributed by atoms with E-state index in [1.807, 2.05) is 0 Å². The van der Waals surface area contributed by atoms with Gasteiger partial charge in [0.05, 0.1) is 22.6 Å². The van der Waals surface area contributed by atoms with Crippen LogP contribution in [0.5, 0.6) is 5.75 Å². The highest BCUT2D eigenvalue weighted by atomic mass is 35.5. The molecular formula is C16H14Cl2N2O4. The predicted octanol–water partition coefficient (Wildman–Crippen LogP) is 4.44. The van der Waals surface area contributed by atoms with Crippen LogP contribution in [-0.2, 0) is 0 Å². The van der Waals surface area contributed by atoms with Gasteiger partial charge in [-0.25, -0.2) is 0 Å². The number of hydrogen-bond acceptors (Lipinski definition) is 4. The van der Waals surface area contributed by atoms with E-state index in [0.29, 0.717) is 15.6 Å². The summed E-state index contributed by atoms with van der Waals surface area (Å²) < 4.78 is 0. The molecule has 0 bridgehead atoms. The van der Waals surface area contributed by atoms with E-state index in [-0.39, 0.29) is 17.0 Å². The van der Waals surface area contributed by atoms with Crippen LogP contribution in [0.15, 0.2) is 36.4 Å². The molecule has 0 saturated heterocycles. The van der Waals surface area contributed by atoms with Gasteiger partial charge in [0.25, 0.3) is 11.6 Å². The number of carbonyl (C=O) groups is 1. The van der Waals surface area contributed by atoms with Crippen LogP contribution >= 0.6 is 23.2 Å². The van der Waals surface area contributed by atoms with Crippen LogP contribution in [0.4, 0.5) is 5.69 Å². The molecule has 1 unspecified atom stereocenters. The Kier molecular flexibility index (Phi) is 5.31. The van der Waals surface area contributed by atoms with Crippen molar-refractivity contribution in [3.8, 4) is 5.75 Å². The molecule has 1 atom stereocenters. The van der Waals surface area contributed by atoms with Gasteiger partial charge in [0.2, 0.25) is 0 Å². The number of nitrogens with zero attached hydrogens (tertiary/aromatic N) is 2. The Morgan fingerprint density at radius 1 is 1.25 bits per heavy atom. The van der Waals surface area contributed by atoms with E-state index >= 15 is 0 Å². The Balaban J connectivity index is 2.33. The topological polar surface area (TPSA) is 83.7 Å². The molecule has 0 aliphatic rings. The Labute approximate surface area is 148 Å². The fraction of sp³-hybridized carbons (Fsp3) is 0.188. The summed E-state index contributed by atoms with van der Waals surface area (Å²) in [7, 11) is 1.55. The van der Waals surface area contributed by atoms with E-state index in [2.05, 4.69) is 0 Å². The molecule has 0 saturated carbocycles. The summed E-state index contributed by atoms with van der Waals surface area (Å²) in [5.41, 5.74) is 0.344. The number of phenols is 1. The van der Waals surface area contributed by atoms with Crippen molar-refractivity contribution >= 4 is 34.8 Å². The number of nitro groups is 1.